The van der Waals surface area contributed by atoms with Crippen molar-refractivity contribution in [3.8, 4) is 0 Å². The van der Waals surface area contributed by atoms with Gasteiger partial charge in [0.1, 0.15) is 6.54 Å². The fourth-order valence-electron chi connectivity index (χ4n) is 1.99. The minimum absolute atomic E-state index is 0.156. The van der Waals surface area contributed by atoms with Gasteiger partial charge in [0.2, 0.25) is 5.91 Å². The zero-order valence-electron chi connectivity index (χ0n) is 13.0. The van der Waals surface area contributed by atoms with Crippen LogP contribution >= 0.6 is 11.8 Å². The van der Waals surface area contributed by atoms with E-state index in [4.69, 9.17) is 4.74 Å². The maximum absolute atomic E-state index is 11.8. The fraction of sp³-hybridized carbons (Fsp3) is 0.333. The van der Waals surface area contributed by atoms with E-state index in [1.54, 1.807) is 24.3 Å². The second-order valence-electron chi connectivity index (χ2n) is 5.01. The first-order valence-corrected chi connectivity index (χ1v) is 8.17. The first-order valence-electron chi connectivity index (χ1n) is 7.19. The van der Waals surface area contributed by atoms with E-state index in [2.05, 4.69) is 10.6 Å². The van der Waals surface area contributed by atoms with Gasteiger partial charge in [0.15, 0.2) is 6.61 Å². The van der Waals surface area contributed by atoms with Crippen LogP contribution in [0, 0.1) is 0 Å². The molecule has 1 aromatic carbocycles. The van der Waals surface area contributed by atoms with E-state index in [0.29, 0.717) is 23.7 Å². The van der Waals surface area contributed by atoms with Crippen molar-refractivity contribution in [3.05, 3.63) is 24.3 Å². The summed E-state index contributed by atoms with van der Waals surface area (Å²) in [7, 11) is 0. The van der Waals surface area contributed by atoms with Crippen LogP contribution in [-0.2, 0) is 19.1 Å². The summed E-state index contributed by atoms with van der Waals surface area (Å²) in [5.41, 5.74) is 1.01. The first kappa shape index (κ1) is 17.8. The Labute approximate surface area is 142 Å². The number of nitrogens with one attached hydrogen (secondary N) is 2. The van der Waals surface area contributed by atoms with Crippen molar-refractivity contribution in [1.29, 1.82) is 0 Å². The molecular formula is C15H17N3O5S. The number of carbonyl (C=O) groups is 4. The molecule has 1 saturated heterocycles. The van der Waals surface area contributed by atoms with Crippen LogP contribution < -0.4 is 10.6 Å². The van der Waals surface area contributed by atoms with Crippen LogP contribution in [0.1, 0.15) is 6.92 Å². The summed E-state index contributed by atoms with van der Waals surface area (Å²) >= 11 is 1.15. The lowest BCUT2D eigenvalue weighted by Gasteiger charge is -2.13. The number of ether oxygens (including phenoxy) is 1. The molecule has 2 N–H and O–H groups in total. The number of anilines is 2. The van der Waals surface area contributed by atoms with Gasteiger partial charge in [-0.05, 0) is 18.2 Å². The largest absolute Gasteiger partial charge is 0.454 e. The Kier molecular flexibility index (Phi) is 6.19. The number of hydrogen-bond acceptors (Lipinski definition) is 6. The number of benzene rings is 1. The maximum Gasteiger partial charge on any atom is 0.326 e. The Hall–Kier alpha value is -2.55. The summed E-state index contributed by atoms with van der Waals surface area (Å²) in [5, 5.41) is 5.00. The molecule has 1 heterocycles. The molecule has 1 aliphatic rings. The Balaban J connectivity index is 1.77. The van der Waals surface area contributed by atoms with Crippen molar-refractivity contribution in [3.63, 3.8) is 0 Å². The van der Waals surface area contributed by atoms with E-state index in [0.717, 1.165) is 11.8 Å². The lowest BCUT2D eigenvalue weighted by molar-refractivity contribution is -0.147. The Morgan fingerprint density at radius 2 is 1.96 bits per heavy atom. The topological polar surface area (TPSA) is 105 Å². The summed E-state index contributed by atoms with van der Waals surface area (Å²) < 4.78 is 4.86. The highest BCUT2D eigenvalue weighted by Crippen LogP contribution is 2.17. The third-order valence-electron chi connectivity index (χ3n) is 3.00. The smallest absolute Gasteiger partial charge is 0.326 e. The van der Waals surface area contributed by atoms with Gasteiger partial charge in [-0.1, -0.05) is 17.8 Å². The van der Waals surface area contributed by atoms with Crippen LogP contribution in [0.15, 0.2) is 24.3 Å². The normalized spacial score (nSPS) is 13.5. The van der Waals surface area contributed by atoms with Crippen molar-refractivity contribution in [2.75, 3.05) is 36.1 Å². The van der Waals surface area contributed by atoms with Gasteiger partial charge in [-0.2, -0.15) is 0 Å². The summed E-state index contributed by atoms with van der Waals surface area (Å²) in [5.74, 6) is -0.711. The molecule has 0 bridgehead atoms. The van der Waals surface area contributed by atoms with Gasteiger partial charge in [0.25, 0.3) is 11.1 Å². The molecule has 0 saturated carbocycles. The second-order valence-corrected chi connectivity index (χ2v) is 6.05. The summed E-state index contributed by atoms with van der Waals surface area (Å²) in [6, 6.07) is 6.58. The van der Waals surface area contributed by atoms with Crippen molar-refractivity contribution in [2.45, 2.75) is 6.92 Å². The van der Waals surface area contributed by atoms with Crippen molar-refractivity contribution < 1.29 is 23.9 Å². The summed E-state index contributed by atoms with van der Waals surface area (Å²) in [4.78, 5) is 47.2. The minimum Gasteiger partial charge on any atom is -0.454 e. The van der Waals surface area contributed by atoms with E-state index < -0.39 is 18.5 Å². The molecule has 128 valence electrons. The average molecular weight is 351 g/mol. The predicted molar refractivity (Wildman–Crippen MR) is 89.8 cm³/mol. The number of esters is 1. The standard InChI is InChI=1S/C15H17N3O5S/c1-10(19)16-11-3-2-4-12(7-11)17-13(20)9-23-14(21)8-18-5-6-24-15(18)22/h2-4,7H,5-6,8-9H2,1H3,(H,16,19)(H,17,20). The number of carbonyl (C=O) groups excluding carboxylic acids is 4. The molecule has 8 nitrogen and oxygen atoms in total. The highest BCUT2D eigenvalue weighted by molar-refractivity contribution is 8.13. The molecule has 1 aliphatic heterocycles. The van der Waals surface area contributed by atoms with Crippen LogP contribution in [0.25, 0.3) is 0 Å². The molecule has 1 aromatic rings. The fourth-order valence-corrected chi connectivity index (χ4v) is 2.82. The third kappa shape index (κ3) is 5.58. The maximum atomic E-state index is 11.8. The van der Waals surface area contributed by atoms with Crippen molar-refractivity contribution in [1.82, 2.24) is 4.90 Å². The van der Waals surface area contributed by atoms with Gasteiger partial charge in [0.05, 0.1) is 0 Å². The molecule has 0 radical (unpaired) electrons. The second kappa shape index (κ2) is 8.34. The van der Waals surface area contributed by atoms with Gasteiger partial charge < -0.3 is 20.3 Å². The molecule has 24 heavy (non-hydrogen) atoms. The van der Waals surface area contributed by atoms with Gasteiger partial charge in [-0.3, -0.25) is 19.2 Å². The molecule has 9 heteroatoms. The Morgan fingerprint density at radius 3 is 2.58 bits per heavy atom. The molecule has 2 rings (SSSR count). The van der Waals surface area contributed by atoms with Crippen molar-refractivity contribution >= 4 is 46.2 Å². The zero-order valence-corrected chi connectivity index (χ0v) is 13.9. The van der Waals surface area contributed by atoms with E-state index in [-0.39, 0.29) is 17.7 Å². The van der Waals surface area contributed by atoms with E-state index in [1.165, 1.54) is 11.8 Å². The molecular weight excluding hydrogens is 334 g/mol. The number of amides is 3. The molecule has 3 amide bonds. The lowest BCUT2D eigenvalue weighted by atomic mass is 10.2. The highest BCUT2D eigenvalue weighted by atomic mass is 32.2. The first-order chi connectivity index (χ1) is 11.4. The number of hydrogen-bond donors (Lipinski definition) is 2. The highest BCUT2D eigenvalue weighted by Gasteiger charge is 2.24. The predicted octanol–water partition coefficient (Wildman–Crippen LogP) is 1.30. The van der Waals surface area contributed by atoms with Gasteiger partial charge in [-0.15, -0.1) is 0 Å². The monoisotopic (exact) mass is 351 g/mol. The zero-order chi connectivity index (χ0) is 17.5. The van der Waals surface area contributed by atoms with Crippen LogP contribution in [0.2, 0.25) is 0 Å². The van der Waals surface area contributed by atoms with Crippen LogP contribution in [-0.4, -0.2) is 53.4 Å². The lowest BCUT2D eigenvalue weighted by Crippen LogP contribution is -2.32. The molecule has 0 spiro atoms. The van der Waals surface area contributed by atoms with E-state index in [1.807, 2.05) is 0 Å². The third-order valence-corrected chi connectivity index (χ3v) is 3.89. The average Bonchev–Trinajstić information content (AvgIpc) is 2.90. The Morgan fingerprint density at radius 1 is 1.25 bits per heavy atom. The van der Waals surface area contributed by atoms with Crippen LogP contribution in [0.5, 0.6) is 0 Å². The van der Waals surface area contributed by atoms with Gasteiger partial charge >= 0.3 is 5.97 Å². The van der Waals surface area contributed by atoms with Crippen LogP contribution in [0.4, 0.5) is 16.2 Å². The number of thioether (sulfide) groups is 1. The van der Waals surface area contributed by atoms with E-state index in [9.17, 15) is 19.2 Å². The number of nitrogens with zero attached hydrogens (tertiary/aromatic N) is 1. The molecule has 1 fully saturated rings. The molecule has 0 unspecified atom stereocenters. The minimum atomic E-state index is -0.631. The van der Waals surface area contributed by atoms with Crippen molar-refractivity contribution in [2.24, 2.45) is 0 Å². The van der Waals surface area contributed by atoms with Gasteiger partial charge in [-0.25, -0.2) is 0 Å². The van der Waals surface area contributed by atoms with Gasteiger partial charge in [0, 0.05) is 30.6 Å². The van der Waals surface area contributed by atoms with E-state index >= 15 is 0 Å². The number of rotatable bonds is 6. The molecule has 0 aliphatic carbocycles. The SMILES string of the molecule is CC(=O)Nc1cccc(NC(=O)COC(=O)CN2CCSC2=O)c1. The Bertz CT molecular complexity index is 664. The quantitative estimate of drug-likeness (QED) is 0.749. The molecule has 0 atom stereocenters. The molecule has 0 aromatic heterocycles. The van der Waals surface area contributed by atoms with Crippen LogP contribution in [0.3, 0.4) is 0 Å². The summed E-state index contributed by atoms with van der Waals surface area (Å²) in [6.07, 6.45) is 0. The summed E-state index contributed by atoms with van der Waals surface area (Å²) in [6.45, 7) is 1.28.